The average Bonchev–Trinajstić information content (AvgIpc) is 2.38. The number of carboxylic acids is 1. The van der Waals surface area contributed by atoms with Gasteiger partial charge >= 0.3 is 11.9 Å². The number of amides is 1. The van der Waals surface area contributed by atoms with Crippen molar-refractivity contribution < 1.29 is 24.2 Å². The minimum absolute atomic E-state index is 0.371. The summed E-state index contributed by atoms with van der Waals surface area (Å²) in [6, 6.07) is -1.62. The molecule has 1 fully saturated rings. The number of esters is 1. The third-order valence-corrected chi connectivity index (χ3v) is 2.84. The zero-order valence-electron chi connectivity index (χ0n) is 10.3. The highest BCUT2D eigenvalue weighted by Crippen LogP contribution is 2.07. The van der Waals surface area contributed by atoms with Gasteiger partial charge in [0.05, 0.1) is 19.6 Å². The molecule has 0 unspecified atom stereocenters. The van der Waals surface area contributed by atoms with Gasteiger partial charge in [0.25, 0.3) is 0 Å². The molecule has 102 valence electrons. The van der Waals surface area contributed by atoms with E-state index in [0.717, 1.165) is 19.4 Å². The minimum atomic E-state index is -1.25. The first-order chi connectivity index (χ1) is 8.54. The standard InChI is InChI=1S/C11H18N2O5/c1-18-9(14)6-8(11(16)17)13-10(15)7-4-2-3-5-12-7/h7-8,12H,2-6H2,1H3,(H,13,15)(H,16,17)/t7-,8+/m1/s1. The van der Waals surface area contributed by atoms with E-state index in [2.05, 4.69) is 15.4 Å². The quantitative estimate of drug-likeness (QED) is 0.561. The van der Waals surface area contributed by atoms with Gasteiger partial charge in [-0.2, -0.15) is 0 Å². The van der Waals surface area contributed by atoms with Crippen LogP contribution in [-0.4, -0.2) is 48.7 Å². The largest absolute Gasteiger partial charge is 0.480 e. The predicted octanol–water partition coefficient (Wildman–Crippen LogP) is -0.739. The molecule has 1 heterocycles. The lowest BCUT2D eigenvalue weighted by molar-refractivity contribution is -0.149. The van der Waals surface area contributed by atoms with E-state index in [-0.39, 0.29) is 18.4 Å². The summed E-state index contributed by atoms with van der Waals surface area (Å²) in [7, 11) is 1.17. The van der Waals surface area contributed by atoms with Crippen LogP contribution in [-0.2, 0) is 19.1 Å². The lowest BCUT2D eigenvalue weighted by Gasteiger charge is -2.24. The fourth-order valence-electron chi connectivity index (χ4n) is 1.80. The number of carbonyl (C=O) groups excluding carboxylic acids is 2. The van der Waals surface area contributed by atoms with E-state index in [9.17, 15) is 14.4 Å². The van der Waals surface area contributed by atoms with Crippen LogP contribution in [0.4, 0.5) is 0 Å². The van der Waals surface area contributed by atoms with Crippen LogP contribution in [0, 0.1) is 0 Å². The summed E-state index contributed by atoms with van der Waals surface area (Å²) in [5.41, 5.74) is 0. The van der Waals surface area contributed by atoms with Crippen LogP contribution in [0.15, 0.2) is 0 Å². The number of hydrogen-bond acceptors (Lipinski definition) is 5. The molecule has 0 radical (unpaired) electrons. The van der Waals surface area contributed by atoms with E-state index < -0.39 is 18.0 Å². The SMILES string of the molecule is COC(=O)C[C@H](NC(=O)[C@H]1CCCCN1)C(=O)O. The molecule has 0 aromatic rings. The molecule has 1 amide bonds. The molecule has 0 aromatic heterocycles. The third kappa shape index (κ3) is 4.33. The Balaban J connectivity index is 2.51. The van der Waals surface area contributed by atoms with Crippen molar-refractivity contribution in [2.24, 2.45) is 0 Å². The summed E-state index contributed by atoms with van der Waals surface area (Å²) in [6.45, 7) is 0.743. The zero-order valence-corrected chi connectivity index (χ0v) is 10.3. The van der Waals surface area contributed by atoms with Gasteiger partial charge in [-0.05, 0) is 19.4 Å². The smallest absolute Gasteiger partial charge is 0.326 e. The second kappa shape index (κ2) is 6.95. The lowest BCUT2D eigenvalue weighted by Crippen LogP contribution is -2.52. The van der Waals surface area contributed by atoms with Gasteiger partial charge in [-0.3, -0.25) is 9.59 Å². The van der Waals surface area contributed by atoms with Gasteiger partial charge in [-0.15, -0.1) is 0 Å². The number of hydrogen-bond donors (Lipinski definition) is 3. The first kappa shape index (κ1) is 14.4. The topological polar surface area (TPSA) is 105 Å². The number of carbonyl (C=O) groups is 3. The van der Waals surface area contributed by atoms with Crippen molar-refractivity contribution in [3.05, 3.63) is 0 Å². The maximum Gasteiger partial charge on any atom is 0.326 e. The van der Waals surface area contributed by atoms with Gasteiger partial charge in [-0.25, -0.2) is 4.79 Å². The van der Waals surface area contributed by atoms with E-state index >= 15 is 0 Å². The summed E-state index contributed by atoms with van der Waals surface area (Å²) < 4.78 is 4.39. The summed E-state index contributed by atoms with van der Waals surface area (Å²) in [4.78, 5) is 33.8. The normalized spacial score (nSPS) is 20.8. The van der Waals surface area contributed by atoms with Crippen LogP contribution in [0.25, 0.3) is 0 Å². The Morgan fingerprint density at radius 2 is 2.17 bits per heavy atom. The Morgan fingerprint density at radius 3 is 2.67 bits per heavy atom. The molecule has 0 bridgehead atoms. The van der Waals surface area contributed by atoms with Gasteiger partial charge in [0.2, 0.25) is 5.91 Å². The second-order valence-corrected chi connectivity index (χ2v) is 4.18. The highest BCUT2D eigenvalue weighted by Gasteiger charge is 2.28. The predicted molar refractivity (Wildman–Crippen MR) is 61.8 cm³/mol. The van der Waals surface area contributed by atoms with Crippen LogP contribution in [0.5, 0.6) is 0 Å². The van der Waals surface area contributed by atoms with Crippen LogP contribution in [0.3, 0.4) is 0 Å². The number of aliphatic carboxylic acids is 1. The van der Waals surface area contributed by atoms with Gasteiger partial charge in [0.15, 0.2) is 0 Å². The van der Waals surface area contributed by atoms with Crippen LogP contribution >= 0.6 is 0 Å². The highest BCUT2D eigenvalue weighted by molar-refractivity contribution is 5.89. The van der Waals surface area contributed by atoms with E-state index in [1.54, 1.807) is 0 Å². The number of ether oxygens (including phenoxy) is 1. The van der Waals surface area contributed by atoms with Gasteiger partial charge < -0.3 is 20.5 Å². The van der Waals surface area contributed by atoms with Crippen molar-refractivity contribution in [1.82, 2.24) is 10.6 Å². The molecule has 3 N–H and O–H groups in total. The fourth-order valence-corrected chi connectivity index (χ4v) is 1.80. The third-order valence-electron chi connectivity index (χ3n) is 2.84. The van der Waals surface area contributed by atoms with Crippen molar-refractivity contribution in [1.29, 1.82) is 0 Å². The van der Waals surface area contributed by atoms with Crippen molar-refractivity contribution >= 4 is 17.8 Å². The summed E-state index contributed by atoms with van der Waals surface area (Å²) in [6.07, 6.45) is 2.24. The number of rotatable bonds is 5. The van der Waals surface area contributed by atoms with Gasteiger partial charge in [0.1, 0.15) is 6.04 Å². The van der Waals surface area contributed by atoms with Crippen molar-refractivity contribution in [2.45, 2.75) is 37.8 Å². The molecule has 0 aliphatic carbocycles. The Morgan fingerprint density at radius 1 is 1.44 bits per heavy atom. The maximum atomic E-state index is 11.8. The first-order valence-corrected chi connectivity index (χ1v) is 5.88. The van der Waals surface area contributed by atoms with Crippen LogP contribution < -0.4 is 10.6 Å². The molecule has 1 saturated heterocycles. The van der Waals surface area contributed by atoms with Gasteiger partial charge in [-0.1, -0.05) is 6.42 Å². The molecule has 7 heteroatoms. The number of carboxylic acid groups (broad SMARTS) is 1. The van der Waals surface area contributed by atoms with Crippen molar-refractivity contribution in [3.63, 3.8) is 0 Å². The molecule has 0 aromatic carbocycles. The molecular weight excluding hydrogens is 240 g/mol. The zero-order chi connectivity index (χ0) is 13.5. The van der Waals surface area contributed by atoms with Crippen LogP contribution in [0.2, 0.25) is 0 Å². The van der Waals surface area contributed by atoms with E-state index in [1.807, 2.05) is 0 Å². The number of nitrogens with one attached hydrogen (secondary N) is 2. The average molecular weight is 258 g/mol. The molecule has 0 spiro atoms. The Bertz CT molecular complexity index is 325. The molecule has 0 saturated carbocycles. The van der Waals surface area contributed by atoms with Crippen molar-refractivity contribution in [2.75, 3.05) is 13.7 Å². The van der Waals surface area contributed by atoms with Crippen LogP contribution in [0.1, 0.15) is 25.7 Å². The highest BCUT2D eigenvalue weighted by atomic mass is 16.5. The minimum Gasteiger partial charge on any atom is -0.480 e. The lowest BCUT2D eigenvalue weighted by atomic mass is 10.0. The molecule has 1 aliphatic rings. The Hall–Kier alpha value is -1.63. The molecule has 18 heavy (non-hydrogen) atoms. The maximum absolute atomic E-state index is 11.8. The van der Waals surface area contributed by atoms with E-state index in [1.165, 1.54) is 7.11 Å². The van der Waals surface area contributed by atoms with E-state index in [0.29, 0.717) is 6.42 Å². The molecule has 1 aliphatic heterocycles. The Labute approximate surface area is 105 Å². The van der Waals surface area contributed by atoms with Gasteiger partial charge in [0, 0.05) is 0 Å². The summed E-state index contributed by atoms with van der Waals surface area (Å²) >= 11 is 0. The molecule has 1 rings (SSSR count). The Kier molecular flexibility index (Phi) is 5.57. The second-order valence-electron chi connectivity index (χ2n) is 4.18. The monoisotopic (exact) mass is 258 g/mol. The number of piperidine rings is 1. The first-order valence-electron chi connectivity index (χ1n) is 5.88. The molecular formula is C11H18N2O5. The number of methoxy groups -OCH3 is 1. The summed E-state index contributed by atoms with van der Waals surface area (Å²) in [5, 5.41) is 14.3. The van der Waals surface area contributed by atoms with Crippen molar-refractivity contribution in [3.8, 4) is 0 Å². The summed E-state index contributed by atoms with van der Waals surface area (Å²) in [5.74, 6) is -2.30. The molecule has 2 atom stereocenters. The van der Waals surface area contributed by atoms with E-state index in [4.69, 9.17) is 5.11 Å². The fraction of sp³-hybridized carbons (Fsp3) is 0.727. The molecule has 7 nitrogen and oxygen atoms in total.